The second kappa shape index (κ2) is 6.55. The third kappa shape index (κ3) is 4.04. The largest absolute Gasteiger partial charge is 0.573 e. The maximum atomic E-state index is 12.5. The number of aliphatic carboxylic acids is 1. The molecular formula is C16H16F3NO5. The number of ether oxygens (including phenoxy) is 2. The summed E-state index contributed by atoms with van der Waals surface area (Å²) >= 11 is 0. The molecule has 1 saturated carbocycles. The molecule has 1 saturated heterocycles. The summed E-state index contributed by atoms with van der Waals surface area (Å²) in [6, 6.07) is 5.76. The fourth-order valence-corrected chi connectivity index (χ4v) is 3.05. The number of rotatable bonds is 4. The van der Waals surface area contributed by atoms with E-state index in [1.165, 1.54) is 23.1 Å². The van der Waals surface area contributed by atoms with Crippen LogP contribution in [0.25, 0.3) is 0 Å². The van der Waals surface area contributed by atoms with Crippen LogP contribution in [0.4, 0.5) is 13.2 Å². The molecule has 1 N–H and O–H groups in total. The molecule has 2 aliphatic rings. The van der Waals surface area contributed by atoms with Crippen LogP contribution in [0.1, 0.15) is 17.9 Å². The van der Waals surface area contributed by atoms with Crippen LogP contribution in [0.5, 0.6) is 5.75 Å². The van der Waals surface area contributed by atoms with E-state index in [0.29, 0.717) is 12.0 Å². The zero-order valence-corrected chi connectivity index (χ0v) is 13.0. The van der Waals surface area contributed by atoms with Crippen molar-refractivity contribution in [2.45, 2.75) is 24.8 Å². The van der Waals surface area contributed by atoms with Gasteiger partial charge in [0.25, 0.3) is 0 Å². The van der Waals surface area contributed by atoms with Gasteiger partial charge in [0.05, 0.1) is 13.2 Å². The van der Waals surface area contributed by atoms with Crippen LogP contribution in [-0.2, 0) is 14.3 Å². The van der Waals surface area contributed by atoms with Crippen molar-refractivity contribution in [3.63, 3.8) is 0 Å². The number of benzene rings is 1. The van der Waals surface area contributed by atoms with E-state index in [1.54, 1.807) is 6.07 Å². The van der Waals surface area contributed by atoms with Gasteiger partial charge in [-0.3, -0.25) is 4.79 Å². The summed E-state index contributed by atoms with van der Waals surface area (Å²) in [6.07, 6.45) is -5.47. The third-order valence-corrected chi connectivity index (χ3v) is 4.31. The molecule has 1 aromatic carbocycles. The van der Waals surface area contributed by atoms with Gasteiger partial charge in [-0.05, 0) is 24.0 Å². The van der Waals surface area contributed by atoms with E-state index < -0.39 is 24.4 Å². The number of carbonyl (C=O) groups is 2. The highest BCUT2D eigenvalue weighted by molar-refractivity contribution is 5.84. The molecule has 1 heterocycles. The first-order valence-electron chi connectivity index (χ1n) is 7.74. The van der Waals surface area contributed by atoms with E-state index in [2.05, 4.69) is 4.74 Å². The Bertz CT molecular complexity index is 678. The van der Waals surface area contributed by atoms with Gasteiger partial charge in [0.2, 0.25) is 5.91 Å². The number of nitrogens with zero attached hydrogens (tertiary/aromatic N) is 1. The lowest BCUT2D eigenvalue weighted by Crippen LogP contribution is -2.49. The van der Waals surface area contributed by atoms with Crippen LogP contribution in [0.3, 0.4) is 0 Å². The summed E-state index contributed by atoms with van der Waals surface area (Å²) in [6.45, 7) is 0.332. The molecule has 0 spiro atoms. The fraction of sp³-hybridized carbons (Fsp3) is 0.500. The Morgan fingerprint density at radius 2 is 2.00 bits per heavy atom. The molecule has 3 rings (SSSR count). The highest BCUT2D eigenvalue weighted by Gasteiger charge is 2.48. The van der Waals surface area contributed by atoms with Gasteiger partial charge >= 0.3 is 12.3 Å². The number of carbonyl (C=O) groups excluding carboxylic acids is 1. The summed E-state index contributed by atoms with van der Waals surface area (Å²) in [4.78, 5) is 24.9. The van der Waals surface area contributed by atoms with E-state index >= 15 is 0 Å². The number of para-hydroxylation sites is 1. The minimum absolute atomic E-state index is 0.0575. The average molecular weight is 359 g/mol. The summed E-state index contributed by atoms with van der Waals surface area (Å²) in [7, 11) is 0. The SMILES string of the molecule is O=C(O)[C@@H]1CN(C(=O)[C@@H]2C[C@H]2c2ccccc2OC(F)(F)F)CCO1. The number of morpholine rings is 1. The number of alkyl halides is 3. The van der Waals surface area contributed by atoms with Crippen LogP contribution >= 0.6 is 0 Å². The summed E-state index contributed by atoms with van der Waals surface area (Å²) in [5, 5.41) is 8.98. The lowest BCUT2D eigenvalue weighted by Gasteiger charge is -2.31. The molecule has 1 aliphatic heterocycles. The Kier molecular flexibility index (Phi) is 4.59. The Labute approximate surface area is 141 Å². The summed E-state index contributed by atoms with van der Waals surface area (Å²) in [5.41, 5.74) is 0.334. The van der Waals surface area contributed by atoms with Gasteiger partial charge in [-0.2, -0.15) is 0 Å². The van der Waals surface area contributed by atoms with E-state index in [9.17, 15) is 22.8 Å². The van der Waals surface area contributed by atoms with Crippen molar-refractivity contribution >= 4 is 11.9 Å². The number of carboxylic acids is 1. The third-order valence-electron chi connectivity index (χ3n) is 4.31. The van der Waals surface area contributed by atoms with Gasteiger partial charge in [-0.15, -0.1) is 13.2 Å². The summed E-state index contributed by atoms with van der Waals surface area (Å²) in [5.74, 6) is -2.54. The van der Waals surface area contributed by atoms with E-state index in [4.69, 9.17) is 9.84 Å². The maximum absolute atomic E-state index is 12.5. The molecule has 0 unspecified atom stereocenters. The Balaban J connectivity index is 1.68. The van der Waals surface area contributed by atoms with Crippen molar-refractivity contribution in [2.24, 2.45) is 5.92 Å². The molecule has 0 aromatic heterocycles. The number of carboxylic acid groups (broad SMARTS) is 1. The number of halogens is 3. The van der Waals surface area contributed by atoms with Crippen LogP contribution in [0, 0.1) is 5.92 Å². The van der Waals surface area contributed by atoms with E-state index in [1.807, 2.05) is 0 Å². The summed E-state index contributed by atoms with van der Waals surface area (Å²) < 4.78 is 46.6. The first-order valence-corrected chi connectivity index (χ1v) is 7.74. The zero-order valence-electron chi connectivity index (χ0n) is 13.0. The predicted molar refractivity (Wildman–Crippen MR) is 77.9 cm³/mol. The standard InChI is InChI=1S/C16H16F3NO5/c17-16(18,19)25-12-4-2-1-3-9(12)10-7-11(10)14(21)20-5-6-24-13(8-20)15(22)23/h1-4,10-11,13H,5-8H2,(H,22,23)/t10-,11+,13-/m0/s1. The second-order valence-electron chi connectivity index (χ2n) is 6.02. The van der Waals surface area contributed by atoms with Crippen molar-refractivity contribution in [1.29, 1.82) is 0 Å². The maximum Gasteiger partial charge on any atom is 0.573 e. The van der Waals surface area contributed by atoms with Crippen molar-refractivity contribution in [3.05, 3.63) is 29.8 Å². The van der Waals surface area contributed by atoms with Gasteiger partial charge in [0, 0.05) is 12.5 Å². The van der Waals surface area contributed by atoms with E-state index in [-0.39, 0.29) is 37.3 Å². The van der Waals surface area contributed by atoms with Crippen molar-refractivity contribution in [1.82, 2.24) is 4.90 Å². The lowest BCUT2D eigenvalue weighted by atomic mass is 10.1. The first kappa shape index (κ1) is 17.5. The van der Waals surface area contributed by atoms with Gasteiger partial charge < -0.3 is 19.5 Å². The van der Waals surface area contributed by atoms with E-state index in [0.717, 1.165) is 0 Å². The number of hydrogen-bond donors (Lipinski definition) is 1. The highest BCUT2D eigenvalue weighted by Crippen LogP contribution is 2.51. The van der Waals surface area contributed by atoms with Crippen molar-refractivity contribution in [2.75, 3.05) is 19.7 Å². The number of hydrogen-bond acceptors (Lipinski definition) is 4. The Morgan fingerprint density at radius 1 is 1.28 bits per heavy atom. The molecule has 0 bridgehead atoms. The Morgan fingerprint density at radius 3 is 2.68 bits per heavy atom. The monoisotopic (exact) mass is 359 g/mol. The topological polar surface area (TPSA) is 76.1 Å². The quantitative estimate of drug-likeness (QED) is 0.890. The lowest BCUT2D eigenvalue weighted by molar-refractivity contribution is -0.274. The molecular weight excluding hydrogens is 343 g/mol. The van der Waals surface area contributed by atoms with Gasteiger partial charge in [-0.1, -0.05) is 18.2 Å². The minimum atomic E-state index is -4.80. The zero-order chi connectivity index (χ0) is 18.2. The molecule has 6 nitrogen and oxygen atoms in total. The van der Waals surface area contributed by atoms with Crippen LogP contribution in [-0.4, -0.2) is 54.0 Å². The molecule has 9 heteroatoms. The molecule has 0 radical (unpaired) electrons. The van der Waals surface area contributed by atoms with Gasteiger partial charge in [-0.25, -0.2) is 4.79 Å². The highest BCUT2D eigenvalue weighted by atomic mass is 19.4. The Hall–Kier alpha value is -2.29. The van der Waals surface area contributed by atoms with Gasteiger partial charge in [0.15, 0.2) is 6.10 Å². The number of amides is 1. The minimum Gasteiger partial charge on any atom is -0.479 e. The predicted octanol–water partition coefficient (Wildman–Crippen LogP) is 2.00. The van der Waals surface area contributed by atoms with Crippen molar-refractivity contribution in [3.8, 4) is 5.75 Å². The van der Waals surface area contributed by atoms with Crippen LogP contribution < -0.4 is 4.74 Å². The van der Waals surface area contributed by atoms with Crippen LogP contribution in [0.2, 0.25) is 0 Å². The second-order valence-corrected chi connectivity index (χ2v) is 6.02. The van der Waals surface area contributed by atoms with Crippen LogP contribution in [0.15, 0.2) is 24.3 Å². The molecule has 3 atom stereocenters. The smallest absolute Gasteiger partial charge is 0.479 e. The van der Waals surface area contributed by atoms with Crippen molar-refractivity contribution < 1.29 is 37.3 Å². The molecule has 1 aliphatic carbocycles. The van der Waals surface area contributed by atoms with Gasteiger partial charge in [0.1, 0.15) is 5.75 Å². The molecule has 2 fully saturated rings. The average Bonchev–Trinajstić information content (AvgIpc) is 3.33. The molecule has 136 valence electrons. The molecule has 1 aromatic rings. The molecule has 1 amide bonds. The normalized spacial score (nSPS) is 26.2. The first-order chi connectivity index (χ1) is 11.8. The fourth-order valence-electron chi connectivity index (χ4n) is 3.05. The molecule has 25 heavy (non-hydrogen) atoms.